The predicted octanol–water partition coefficient (Wildman–Crippen LogP) is 4.70. The largest absolute Gasteiger partial charge is 0.508 e. The first-order valence-corrected chi connectivity index (χ1v) is 5.77. The number of rotatable bonds is 2. The van der Waals surface area contributed by atoms with Crippen molar-refractivity contribution in [2.75, 3.05) is 5.73 Å². The number of benzene rings is 2. The van der Waals surface area contributed by atoms with Crippen LogP contribution in [0.1, 0.15) is 0 Å². The second kappa shape index (κ2) is 5.25. The molecule has 4 nitrogen and oxygen atoms in total. The molecule has 92 valence electrons. The molecule has 0 aliphatic heterocycles. The molecule has 0 heterocycles. The Kier molecular flexibility index (Phi) is 3.69. The summed E-state index contributed by atoms with van der Waals surface area (Å²) in [4.78, 5) is 0. The molecule has 0 spiro atoms. The number of halogens is 2. The number of nitrogens with zero attached hydrogens (tertiary/aromatic N) is 2. The third-order valence-electron chi connectivity index (χ3n) is 2.16. The number of nitrogen functional groups attached to an aromatic ring is 1. The highest BCUT2D eigenvalue weighted by Crippen LogP contribution is 2.37. The number of hydrogen-bond donors (Lipinski definition) is 2. The molecule has 0 bridgehead atoms. The van der Waals surface area contributed by atoms with E-state index in [1.54, 1.807) is 24.3 Å². The first-order valence-electron chi connectivity index (χ1n) is 5.01. The van der Waals surface area contributed by atoms with Gasteiger partial charge in [-0.05, 0) is 24.3 Å². The number of anilines is 1. The highest BCUT2D eigenvalue weighted by Gasteiger charge is 2.07. The number of nitrogens with two attached hydrogens (primary N) is 1. The van der Waals surface area contributed by atoms with Gasteiger partial charge in [0.2, 0.25) is 0 Å². The minimum atomic E-state index is -0.0172. The fraction of sp³-hybridized carbons (Fsp3) is 0. The van der Waals surface area contributed by atoms with Gasteiger partial charge in [-0.15, -0.1) is 5.11 Å². The Morgan fingerprint density at radius 2 is 1.50 bits per heavy atom. The van der Waals surface area contributed by atoms with E-state index in [1.165, 1.54) is 12.1 Å². The van der Waals surface area contributed by atoms with Crippen LogP contribution in [0.15, 0.2) is 46.6 Å². The Labute approximate surface area is 114 Å². The fourth-order valence-corrected chi connectivity index (χ4v) is 1.85. The predicted molar refractivity (Wildman–Crippen MR) is 73.2 cm³/mol. The Morgan fingerprint density at radius 3 is 2.06 bits per heavy atom. The number of azo groups is 1. The lowest BCUT2D eigenvalue weighted by molar-refractivity contribution is 0.475. The van der Waals surface area contributed by atoms with Crippen LogP contribution in [0.5, 0.6) is 5.75 Å². The van der Waals surface area contributed by atoms with Crippen LogP contribution in [0, 0.1) is 0 Å². The van der Waals surface area contributed by atoms with Gasteiger partial charge in [-0.2, -0.15) is 5.11 Å². The fourth-order valence-electron chi connectivity index (χ4n) is 1.30. The number of aromatic hydroxyl groups is 1. The molecule has 0 fully saturated rings. The zero-order valence-electron chi connectivity index (χ0n) is 9.14. The van der Waals surface area contributed by atoms with Crippen LogP contribution in [-0.2, 0) is 0 Å². The molecule has 0 aliphatic rings. The number of hydrogen-bond acceptors (Lipinski definition) is 4. The quantitative estimate of drug-likeness (QED) is 0.619. The maximum Gasteiger partial charge on any atom is 0.123 e. The molecule has 2 aromatic rings. The smallest absolute Gasteiger partial charge is 0.123 e. The van der Waals surface area contributed by atoms with Crippen molar-refractivity contribution in [3.63, 3.8) is 0 Å². The van der Waals surface area contributed by atoms with E-state index in [1.807, 2.05) is 0 Å². The van der Waals surface area contributed by atoms with Crippen molar-refractivity contribution >= 4 is 40.3 Å². The van der Waals surface area contributed by atoms with Gasteiger partial charge < -0.3 is 10.8 Å². The molecule has 2 aromatic carbocycles. The SMILES string of the molecule is Nc1ccc(/N=N/c2c(Cl)cc(O)cc2Cl)cc1. The van der Waals surface area contributed by atoms with Crippen molar-refractivity contribution in [1.82, 2.24) is 0 Å². The molecule has 0 unspecified atom stereocenters. The maximum absolute atomic E-state index is 9.28. The van der Waals surface area contributed by atoms with Crippen LogP contribution in [0.2, 0.25) is 10.0 Å². The summed E-state index contributed by atoms with van der Waals surface area (Å²) in [6, 6.07) is 9.58. The molecule has 3 N–H and O–H groups in total. The lowest BCUT2D eigenvalue weighted by atomic mass is 10.3. The highest BCUT2D eigenvalue weighted by molar-refractivity contribution is 6.38. The van der Waals surface area contributed by atoms with Crippen LogP contribution < -0.4 is 5.73 Å². The van der Waals surface area contributed by atoms with E-state index < -0.39 is 0 Å². The van der Waals surface area contributed by atoms with Gasteiger partial charge in [-0.3, -0.25) is 0 Å². The summed E-state index contributed by atoms with van der Waals surface area (Å²) in [5.41, 5.74) is 7.15. The van der Waals surface area contributed by atoms with Crippen molar-refractivity contribution in [2.24, 2.45) is 10.2 Å². The van der Waals surface area contributed by atoms with Gasteiger partial charge >= 0.3 is 0 Å². The molecule has 0 radical (unpaired) electrons. The molecule has 0 aliphatic carbocycles. The zero-order chi connectivity index (χ0) is 13.1. The van der Waals surface area contributed by atoms with E-state index >= 15 is 0 Å². The number of phenols is 1. The maximum atomic E-state index is 9.28. The minimum absolute atomic E-state index is 0.0172. The molecule has 0 aromatic heterocycles. The molecule has 18 heavy (non-hydrogen) atoms. The van der Waals surface area contributed by atoms with E-state index in [0.717, 1.165) is 0 Å². The summed E-state index contributed by atoms with van der Waals surface area (Å²) in [5, 5.41) is 17.7. The molecule has 0 saturated heterocycles. The molecular formula is C12H9Cl2N3O. The van der Waals surface area contributed by atoms with Crippen LogP contribution >= 0.6 is 23.2 Å². The Hall–Kier alpha value is -1.78. The van der Waals surface area contributed by atoms with Crippen molar-refractivity contribution < 1.29 is 5.11 Å². The average molecular weight is 282 g/mol. The van der Waals surface area contributed by atoms with E-state index in [4.69, 9.17) is 28.9 Å². The van der Waals surface area contributed by atoms with E-state index in [-0.39, 0.29) is 15.8 Å². The normalized spacial score (nSPS) is 11.0. The van der Waals surface area contributed by atoms with Gasteiger partial charge in [-0.25, -0.2) is 0 Å². The van der Waals surface area contributed by atoms with Crippen molar-refractivity contribution in [2.45, 2.75) is 0 Å². The first kappa shape index (κ1) is 12.7. The van der Waals surface area contributed by atoms with Crippen LogP contribution in [0.3, 0.4) is 0 Å². The zero-order valence-corrected chi connectivity index (χ0v) is 10.7. The summed E-state index contributed by atoms with van der Waals surface area (Å²) >= 11 is 11.8. The molecule has 0 saturated carbocycles. The van der Waals surface area contributed by atoms with Crippen molar-refractivity contribution in [3.8, 4) is 5.75 Å². The minimum Gasteiger partial charge on any atom is -0.508 e. The Bertz CT molecular complexity index is 574. The van der Waals surface area contributed by atoms with Gasteiger partial charge in [0.1, 0.15) is 11.4 Å². The van der Waals surface area contributed by atoms with Gasteiger partial charge in [0.25, 0.3) is 0 Å². The van der Waals surface area contributed by atoms with Gasteiger partial charge in [-0.1, -0.05) is 23.2 Å². The number of phenolic OH excluding ortho intramolecular Hbond substituents is 1. The van der Waals surface area contributed by atoms with Gasteiger partial charge in [0, 0.05) is 17.8 Å². The summed E-state index contributed by atoms with van der Waals surface area (Å²) in [6.07, 6.45) is 0. The highest BCUT2D eigenvalue weighted by atomic mass is 35.5. The second-order valence-electron chi connectivity index (χ2n) is 3.55. The van der Waals surface area contributed by atoms with Crippen LogP contribution in [-0.4, -0.2) is 5.11 Å². The van der Waals surface area contributed by atoms with E-state index in [2.05, 4.69) is 10.2 Å². The monoisotopic (exact) mass is 281 g/mol. The van der Waals surface area contributed by atoms with Gasteiger partial charge in [0.05, 0.1) is 15.7 Å². The summed E-state index contributed by atoms with van der Waals surface area (Å²) in [7, 11) is 0. The van der Waals surface area contributed by atoms with E-state index in [9.17, 15) is 5.11 Å². The molecule has 2 rings (SSSR count). The average Bonchev–Trinajstić information content (AvgIpc) is 2.30. The second-order valence-corrected chi connectivity index (χ2v) is 4.36. The van der Waals surface area contributed by atoms with Crippen molar-refractivity contribution in [1.29, 1.82) is 0 Å². The summed E-state index contributed by atoms with van der Waals surface area (Å²) < 4.78 is 0. The van der Waals surface area contributed by atoms with Crippen molar-refractivity contribution in [3.05, 3.63) is 46.4 Å². The molecule has 0 atom stereocenters. The molecule has 6 heteroatoms. The third-order valence-corrected chi connectivity index (χ3v) is 2.74. The molecular weight excluding hydrogens is 273 g/mol. The lowest BCUT2D eigenvalue weighted by Crippen LogP contribution is -1.80. The standard InChI is InChI=1S/C12H9Cl2N3O/c13-10-5-9(18)6-11(14)12(10)17-16-8-3-1-7(15)2-4-8/h1-6,18H,15H2/b17-16+. The summed E-state index contributed by atoms with van der Waals surface area (Å²) in [6.45, 7) is 0. The summed E-state index contributed by atoms with van der Waals surface area (Å²) in [5.74, 6) is -0.0172. The Morgan fingerprint density at radius 1 is 0.944 bits per heavy atom. The van der Waals surface area contributed by atoms with Crippen LogP contribution in [0.4, 0.5) is 17.1 Å². The lowest BCUT2D eigenvalue weighted by Gasteiger charge is -2.01. The molecule has 0 amide bonds. The van der Waals surface area contributed by atoms with Crippen LogP contribution in [0.25, 0.3) is 0 Å². The van der Waals surface area contributed by atoms with E-state index in [0.29, 0.717) is 17.1 Å². The Balaban J connectivity index is 2.31. The van der Waals surface area contributed by atoms with Gasteiger partial charge in [0.15, 0.2) is 0 Å². The third kappa shape index (κ3) is 2.91. The first-order chi connectivity index (χ1) is 8.56. The topological polar surface area (TPSA) is 71.0 Å².